The number of hydrogen-bond donors (Lipinski definition) is 1. The summed E-state index contributed by atoms with van der Waals surface area (Å²) in [7, 11) is 0. The summed E-state index contributed by atoms with van der Waals surface area (Å²) in [5.74, 6) is -0.801. The Labute approximate surface area is 145 Å². The number of amides is 2. The number of rotatable bonds is 2. The molecule has 1 aliphatic rings. The minimum atomic E-state index is -0.759. The Kier molecular flexibility index (Phi) is 3.69. The highest BCUT2D eigenvalue weighted by Crippen LogP contribution is 2.30. The van der Waals surface area contributed by atoms with Gasteiger partial charge in [-0.3, -0.25) is 9.59 Å². The lowest BCUT2D eigenvalue weighted by atomic mass is 9.92. The molecule has 2 amide bonds. The lowest BCUT2D eigenvalue weighted by Crippen LogP contribution is -2.46. The number of para-hydroxylation sites is 1. The van der Waals surface area contributed by atoms with Gasteiger partial charge in [-0.15, -0.1) is 0 Å². The lowest BCUT2D eigenvalue weighted by molar-refractivity contribution is -0.123. The van der Waals surface area contributed by atoms with E-state index >= 15 is 0 Å². The second-order valence-corrected chi connectivity index (χ2v) is 6.14. The van der Waals surface area contributed by atoms with Crippen LogP contribution in [0.2, 0.25) is 0 Å². The first kappa shape index (κ1) is 15.3. The summed E-state index contributed by atoms with van der Waals surface area (Å²) < 4.78 is 0. The lowest BCUT2D eigenvalue weighted by Gasteiger charge is -2.35. The van der Waals surface area contributed by atoms with Crippen molar-refractivity contribution in [3.63, 3.8) is 0 Å². The van der Waals surface area contributed by atoms with Crippen LogP contribution in [-0.2, 0) is 11.2 Å². The van der Waals surface area contributed by atoms with Gasteiger partial charge in [0.2, 0.25) is 5.91 Å². The molecule has 2 aromatic carbocycles. The van der Waals surface area contributed by atoms with Gasteiger partial charge in [0, 0.05) is 11.9 Å². The third-order valence-corrected chi connectivity index (χ3v) is 4.63. The average Bonchev–Trinajstić information content (AvgIpc) is 2.66. The fourth-order valence-corrected chi connectivity index (χ4v) is 3.42. The monoisotopic (exact) mass is 331 g/mol. The predicted octanol–water partition coefficient (Wildman–Crippen LogP) is 2.46. The van der Waals surface area contributed by atoms with Crippen LogP contribution in [-0.4, -0.2) is 28.2 Å². The number of carbonyl (C=O) groups excluding carboxylic acids is 2. The summed E-state index contributed by atoms with van der Waals surface area (Å²) in [6, 6.07) is 18.0. The Bertz CT molecular complexity index is 983. The molecule has 0 saturated carbocycles. The van der Waals surface area contributed by atoms with Gasteiger partial charge in [0.25, 0.3) is 5.91 Å². The van der Waals surface area contributed by atoms with E-state index in [1.165, 1.54) is 4.90 Å². The highest BCUT2D eigenvalue weighted by atomic mass is 16.2. The fourth-order valence-electron chi connectivity index (χ4n) is 3.42. The molecular weight excluding hydrogens is 314 g/mol. The maximum Gasteiger partial charge on any atom is 0.273 e. The maximum atomic E-state index is 13.0. The zero-order valence-electron chi connectivity index (χ0n) is 13.6. The van der Waals surface area contributed by atoms with E-state index in [1.54, 1.807) is 6.07 Å². The van der Waals surface area contributed by atoms with Gasteiger partial charge in [-0.05, 0) is 29.7 Å². The maximum absolute atomic E-state index is 13.0. The molecule has 0 fully saturated rings. The molecule has 0 saturated heterocycles. The van der Waals surface area contributed by atoms with Gasteiger partial charge < -0.3 is 10.6 Å². The molecule has 0 radical (unpaired) electrons. The molecule has 2 N–H and O–H groups in total. The number of fused-ring (bicyclic) bond motifs is 2. The van der Waals surface area contributed by atoms with E-state index in [9.17, 15) is 9.59 Å². The van der Waals surface area contributed by atoms with Gasteiger partial charge in [0.05, 0.1) is 5.52 Å². The van der Waals surface area contributed by atoms with Crippen LogP contribution < -0.4 is 5.73 Å². The molecule has 1 aromatic heterocycles. The Morgan fingerprint density at radius 3 is 2.60 bits per heavy atom. The van der Waals surface area contributed by atoms with E-state index in [0.29, 0.717) is 18.7 Å². The van der Waals surface area contributed by atoms with Crippen molar-refractivity contribution in [1.82, 2.24) is 9.88 Å². The second-order valence-electron chi connectivity index (χ2n) is 6.14. The predicted molar refractivity (Wildman–Crippen MR) is 94.9 cm³/mol. The number of nitrogens with zero attached hydrogens (tertiary/aromatic N) is 2. The number of primary amides is 1. The second kappa shape index (κ2) is 6.02. The Morgan fingerprint density at radius 1 is 1.00 bits per heavy atom. The minimum Gasteiger partial charge on any atom is -0.368 e. The molecule has 5 heteroatoms. The molecule has 0 aliphatic carbocycles. The highest BCUT2D eigenvalue weighted by Gasteiger charge is 2.35. The van der Waals surface area contributed by atoms with E-state index in [2.05, 4.69) is 4.98 Å². The van der Waals surface area contributed by atoms with Crippen molar-refractivity contribution in [1.29, 1.82) is 0 Å². The van der Waals surface area contributed by atoms with Crippen molar-refractivity contribution in [2.24, 2.45) is 5.73 Å². The van der Waals surface area contributed by atoms with Crippen LogP contribution in [0.15, 0.2) is 60.7 Å². The standard InChI is InChI=1S/C20H17N3O2/c21-19(24)18-15-7-3-1-5-13(15)11-12-23(18)20(25)17-10-9-14-6-2-4-8-16(14)22-17/h1-10,18H,11-12H2,(H2,21,24). The molecule has 1 atom stereocenters. The summed E-state index contributed by atoms with van der Waals surface area (Å²) in [4.78, 5) is 31.1. The normalized spacial score (nSPS) is 16.5. The van der Waals surface area contributed by atoms with E-state index in [1.807, 2.05) is 54.6 Å². The molecule has 25 heavy (non-hydrogen) atoms. The van der Waals surface area contributed by atoms with Gasteiger partial charge in [-0.25, -0.2) is 4.98 Å². The summed E-state index contributed by atoms with van der Waals surface area (Å²) in [6.45, 7) is 0.442. The number of benzene rings is 2. The summed E-state index contributed by atoms with van der Waals surface area (Å²) in [5, 5.41) is 0.967. The molecule has 0 spiro atoms. The molecule has 1 unspecified atom stereocenters. The van der Waals surface area contributed by atoms with Crippen LogP contribution in [0, 0.1) is 0 Å². The molecule has 0 bridgehead atoms. The average molecular weight is 331 g/mol. The van der Waals surface area contributed by atoms with Crippen LogP contribution in [0.1, 0.15) is 27.7 Å². The fraction of sp³-hybridized carbons (Fsp3) is 0.150. The van der Waals surface area contributed by atoms with Crippen LogP contribution >= 0.6 is 0 Å². The molecular formula is C20H17N3O2. The van der Waals surface area contributed by atoms with Gasteiger partial charge >= 0.3 is 0 Å². The number of hydrogen-bond acceptors (Lipinski definition) is 3. The molecule has 5 nitrogen and oxygen atoms in total. The number of aromatic nitrogens is 1. The van der Waals surface area contributed by atoms with Crippen LogP contribution in [0.3, 0.4) is 0 Å². The third kappa shape index (κ3) is 2.63. The van der Waals surface area contributed by atoms with Crippen LogP contribution in [0.5, 0.6) is 0 Å². The largest absolute Gasteiger partial charge is 0.368 e. The van der Waals surface area contributed by atoms with Crippen molar-refractivity contribution in [2.75, 3.05) is 6.54 Å². The molecule has 3 aromatic rings. The number of pyridine rings is 1. The zero-order chi connectivity index (χ0) is 17.4. The van der Waals surface area contributed by atoms with E-state index in [-0.39, 0.29) is 5.91 Å². The van der Waals surface area contributed by atoms with Crippen LogP contribution in [0.4, 0.5) is 0 Å². The minimum absolute atomic E-state index is 0.274. The van der Waals surface area contributed by atoms with Gasteiger partial charge in [-0.1, -0.05) is 48.5 Å². The molecule has 2 heterocycles. The first-order valence-corrected chi connectivity index (χ1v) is 8.19. The van der Waals surface area contributed by atoms with Crippen molar-refractivity contribution in [2.45, 2.75) is 12.5 Å². The summed E-state index contributed by atoms with van der Waals surface area (Å²) >= 11 is 0. The van der Waals surface area contributed by atoms with Crippen LogP contribution in [0.25, 0.3) is 10.9 Å². The van der Waals surface area contributed by atoms with Crippen molar-refractivity contribution >= 4 is 22.7 Å². The SMILES string of the molecule is NC(=O)C1c2ccccc2CCN1C(=O)c1ccc2ccccc2n1. The molecule has 1 aliphatic heterocycles. The molecule has 4 rings (SSSR count). The Hall–Kier alpha value is -3.21. The first-order chi connectivity index (χ1) is 12.1. The van der Waals surface area contributed by atoms with Gasteiger partial charge in [0.1, 0.15) is 11.7 Å². The topological polar surface area (TPSA) is 76.3 Å². The Balaban J connectivity index is 1.74. The van der Waals surface area contributed by atoms with Crippen molar-refractivity contribution in [3.8, 4) is 0 Å². The third-order valence-electron chi connectivity index (χ3n) is 4.63. The zero-order valence-corrected chi connectivity index (χ0v) is 13.6. The summed E-state index contributed by atoms with van der Waals surface area (Å²) in [6.07, 6.45) is 0.694. The Morgan fingerprint density at radius 2 is 1.76 bits per heavy atom. The van der Waals surface area contributed by atoms with E-state index in [4.69, 9.17) is 5.73 Å². The quantitative estimate of drug-likeness (QED) is 0.784. The number of carbonyl (C=O) groups is 2. The smallest absolute Gasteiger partial charge is 0.273 e. The van der Waals surface area contributed by atoms with E-state index < -0.39 is 11.9 Å². The first-order valence-electron chi connectivity index (χ1n) is 8.19. The number of nitrogens with two attached hydrogens (primary N) is 1. The van der Waals surface area contributed by atoms with E-state index in [0.717, 1.165) is 22.0 Å². The van der Waals surface area contributed by atoms with Gasteiger partial charge in [-0.2, -0.15) is 0 Å². The van der Waals surface area contributed by atoms with Crippen molar-refractivity contribution < 1.29 is 9.59 Å². The van der Waals surface area contributed by atoms with Gasteiger partial charge in [0.15, 0.2) is 0 Å². The summed E-state index contributed by atoms with van der Waals surface area (Å²) in [5.41, 5.74) is 8.56. The highest BCUT2D eigenvalue weighted by molar-refractivity contribution is 5.98. The van der Waals surface area contributed by atoms with Crippen molar-refractivity contribution in [3.05, 3.63) is 77.5 Å². The molecule has 124 valence electrons.